The normalized spacial score (nSPS) is 19.1. The van der Waals surface area contributed by atoms with Gasteiger partial charge < -0.3 is 30.1 Å². The molecule has 18 heteroatoms. The standard InChI is InChI=1S/C22H27N5O3.C21H25N5O3.CH3I.Na.H/c1-15-9-10-16(18-13-20(30-25-18)22(2,3)29-4)14-26(15)21(28)17-7-5-6-8-19(17)27-23-11-12-24-27;1-14-8-9-15(17-12-19(29-24-17)21(2,3)28)13-25(14)20(27)16-6-4-5-7-18(16)26-22-10-11-23-26;1-2;;/h5-8,11-13,15-16H,9-10,14H2,1-4H3;4-7,10-12,14-15,28H,8-9,13H2,1-3H3;1H3;;/q;;;+1;-1/t15-,16-;14-,15-;;;/m11.../s1. The van der Waals surface area contributed by atoms with Gasteiger partial charge in [0.15, 0.2) is 11.5 Å². The van der Waals surface area contributed by atoms with Crippen molar-refractivity contribution in [1.82, 2.24) is 50.1 Å². The molecule has 0 unspecified atom stereocenters. The maximum Gasteiger partial charge on any atom is 1.00 e. The molecule has 4 atom stereocenters. The Bertz CT molecular complexity index is 2350. The van der Waals surface area contributed by atoms with Gasteiger partial charge in [-0.3, -0.25) is 9.59 Å². The van der Waals surface area contributed by atoms with E-state index in [2.05, 4.69) is 67.1 Å². The van der Waals surface area contributed by atoms with Crippen LogP contribution < -0.4 is 29.6 Å². The van der Waals surface area contributed by atoms with Crippen molar-refractivity contribution in [1.29, 1.82) is 0 Å². The predicted octanol–water partition coefficient (Wildman–Crippen LogP) is 4.60. The molecule has 0 radical (unpaired) electrons. The number of hydrogen-bond acceptors (Lipinski definition) is 12. The Morgan fingerprint density at radius 2 is 1.08 bits per heavy atom. The minimum atomic E-state index is -1.08. The molecule has 0 aliphatic carbocycles. The number of amides is 2. The van der Waals surface area contributed by atoms with Crippen LogP contribution in [-0.2, 0) is 15.9 Å². The number of rotatable bonds is 9. The summed E-state index contributed by atoms with van der Waals surface area (Å²) in [6.45, 7) is 12.5. The number of para-hydroxylation sites is 2. The van der Waals surface area contributed by atoms with Crippen LogP contribution in [0.15, 0.2) is 94.5 Å². The SMILES string of the molecule is CI.COC(C)(C)c1cc([C@@H]2CC[C@@H](C)N(C(=O)c3ccccc3-n3nccn3)C2)no1.C[C@@H]1CC[C@@H](c2cc(C(C)(C)O)on2)CN1C(=O)c1ccccc1-n1nccn1.[H-].[Na+]. The number of nitrogens with zero attached hydrogens (tertiary/aromatic N) is 10. The third-order valence-electron chi connectivity index (χ3n) is 11.4. The van der Waals surface area contributed by atoms with E-state index < -0.39 is 11.2 Å². The largest absolute Gasteiger partial charge is 1.00 e. The van der Waals surface area contributed by atoms with Crippen molar-refractivity contribution in [2.45, 2.75) is 102 Å². The number of likely N-dealkylation sites (tertiary alicyclic amines) is 2. The average Bonchev–Trinajstić information content (AvgIpc) is 4.13. The summed E-state index contributed by atoms with van der Waals surface area (Å²) in [7, 11) is 1.65. The number of carbonyl (C=O) groups is 2. The number of carbonyl (C=O) groups excluding carboxylic acids is 2. The maximum atomic E-state index is 13.5. The average molecular weight is 971 g/mol. The number of alkyl halides is 1. The minimum absolute atomic E-state index is 0. The van der Waals surface area contributed by atoms with Crippen molar-refractivity contribution in [3.63, 3.8) is 0 Å². The van der Waals surface area contributed by atoms with Gasteiger partial charge >= 0.3 is 29.6 Å². The van der Waals surface area contributed by atoms with Gasteiger partial charge in [-0.15, -0.1) is 0 Å². The molecule has 2 aliphatic heterocycles. The zero-order valence-electron chi connectivity index (χ0n) is 38.0. The van der Waals surface area contributed by atoms with Gasteiger partial charge in [-0.25, -0.2) is 0 Å². The van der Waals surface area contributed by atoms with Crippen LogP contribution in [0.4, 0.5) is 0 Å². The molecule has 16 nitrogen and oxygen atoms in total. The van der Waals surface area contributed by atoms with E-state index in [0.29, 0.717) is 47.1 Å². The quantitative estimate of drug-likeness (QED) is 0.121. The fourth-order valence-electron chi connectivity index (χ4n) is 7.55. The van der Waals surface area contributed by atoms with Crippen LogP contribution >= 0.6 is 22.6 Å². The second kappa shape index (κ2) is 21.4. The van der Waals surface area contributed by atoms with Crippen molar-refractivity contribution in [3.05, 3.63) is 119 Å². The first-order chi connectivity index (χ1) is 29.2. The smallest absolute Gasteiger partial charge is 1.00 e. The van der Waals surface area contributed by atoms with Crippen LogP contribution in [0.1, 0.15) is 124 Å². The Labute approximate surface area is 399 Å². The van der Waals surface area contributed by atoms with Gasteiger partial charge in [0.25, 0.3) is 11.8 Å². The van der Waals surface area contributed by atoms with Crippen LogP contribution in [0.25, 0.3) is 11.4 Å². The van der Waals surface area contributed by atoms with Crippen molar-refractivity contribution in [2.75, 3.05) is 25.1 Å². The predicted molar refractivity (Wildman–Crippen MR) is 237 cm³/mol. The molecule has 8 rings (SSSR count). The second-order valence-corrected chi connectivity index (χ2v) is 16.3. The van der Waals surface area contributed by atoms with E-state index in [9.17, 15) is 14.7 Å². The first-order valence-electron chi connectivity index (χ1n) is 20.4. The summed E-state index contributed by atoms with van der Waals surface area (Å²) >= 11 is 2.15. The van der Waals surface area contributed by atoms with Crippen molar-refractivity contribution < 1.29 is 59.5 Å². The zero-order chi connectivity index (χ0) is 43.9. The topological polar surface area (TPSA) is 184 Å². The van der Waals surface area contributed by atoms with Gasteiger partial charge in [-0.2, -0.15) is 30.0 Å². The molecule has 6 heterocycles. The fourth-order valence-corrected chi connectivity index (χ4v) is 7.55. The van der Waals surface area contributed by atoms with Crippen LogP contribution in [0.2, 0.25) is 0 Å². The number of hydrogen-bond donors (Lipinski definition) is 1. The molecule has 1 N–H and O–H groups in total. The Morgan fingerprint density at radius 1 is 0.694 bits per heavy atom. The molecule has 4 aromatic heterocycles. The van der Waals surface area contributed by atoms with Gasteiger partial charge in [0.05, 0.1) is 58.7 Å². The third kappa shape index (κ3) is 11.1. The molecule has 0 saturated carbocycles. The van der Waals surface area contributed by atoms with Crippen LogP contribution in [0.3, 0.4) is 0 Å². The third-order valence-corrected chi connectivity index (χ3v) is 11.4. The molecule has 62 heavy (non-hydrogen) atoms. The molecule has 0 spiro atoms. The summed E-state index contributed by atoms with van der Waals surface area (Å²) in [4.78, 5) is 35.7. The number of piperidine rings is 2. The Kier molecular flexibility index (Phi) is 16.8. The van der Waals surface area contributed by atoms with Gasteiger partial charge in [-0.05, 0) is 96.4 Å². The summed E-state index contributed by atoms with van der Waals surface area (Å²) in [6.07, 6.45) is 10.0. The zero-order valence-corrected chi connectivity index (χ0v) is 41.1. The number of methoxy groups -OCH3 is 1. The summed E-state index contributed by atoms with van der Waals surface area (Å²) in [5, 5.41) is 35.3. The number of halogens is 1. The van der Waals surface area contributed by atoms with E-state index in [-0.39, 0.29) is 66.7 Å². The molecule has 326 valence electrons. The first kappa shape index (κ1) is 48.8. The number of ether oxygens (including phenoxy) is 1. The van der Waals surface area contributed by atoms with E-state index >= 15 is 0 Å². The molecular formula is C44H56IN10NaO6. The van der Waals surface area contributed by atoms with Crippen molar-refractivity contribution in [3.8, 4) is 11.4 Å². The van der Waals surface area contributed by atoms with Crippen LogP contribution in [0.5, 0.6) is 0 Å². The van der Waals surface area contributed by atoms with Crippen molar-refractivity contribution in [2.24, 2.45) is 0 Å². The number of aliphatic hydroxyl groups is 1. The van der Waals surface area contributed by atoms with Gasteiger partial charge in [0.2, 0.25) is 0 Å². The van der Waals surface area contributed by atoms with Crippen molar-refractivity contribution >= 4 is 34.4 Å². The molecule has 6 aromatic rings. The summed E-state index contributed by atoms with van der Waals surface area (Å²) in [6, 6.07) is 18.8. The number of benzene rings is 2. The van der Waals surface area contributed by atoms with E-state index in [1.54, 1.807) is 57.9 Å². The van der Waals surface area contributed by atoms with E-state index in [0.717, 1.165) is 37.1 Å². The van der Waals surface area contributed by atoms with Crippen LogP contribution in [-0.4, -0.2) is 104 Å². The molecule has 2 aliphatic rings. The Hall–Kier alpha value is -4.27. The molecule has 2 amide bonds. The van der Waals surface area contributed by atoms with Gasteiger partial charge in [0, 0.05) is 56.3 Å². The molecular weight excluding hydrogens is 914 g/mol. The minimum Gasteiger partial charge on any atom is -1.00 e. The number of aromatic nitrogens is 8. The Balaban J connectivity index is 0.000000258. The summed E-state index contributed by atoms with van der Waals surface area (Å²) in [5.74, 6) is 1.21. The summed E-state index contributed by atoms with van der Waals surface area (Å²) in [5.41, 5.74) is 2.48. The van der Waals surface area contributed by atoms with E-state index in [1.165, 1.54) is 9.59 Å². The van der Waals surface area contributed by atoms with Crippen LogP contribution in [0, 0.1) is 0 Å². The molecule has 2 fully saturated rings. The van der Waals surface area contributed by atoms with E-state index in [4.69, 9.17) is 13.8 Å². The molecule has 2 saturated heterocycles. The fraction of sp³-hybridized carbons (Fsp3) is 0.455. The Morgan fingerprint density at radius 3 is 1.47 bits per heavy atom. The maximum absolute atomic E-state index is 13.5. The first-order valence-corrected chi connectivity index (χ1v) is 22.5. The molecule has 0 bridgehead atoms. The monoisotopic (exact) mass is 970 g/mol. The summed E-state index contributed by atoms with van der Waals surface area (Å²) < 4.78 is 16.4. The van der Waals surface area contributed by atoms with Gasteiger partial charge in [-0.1, -0.05) is 57.2 Å². The van der Waals surface area contributed by atoms with Gasteiger partial charge in [0.1, 0.15) is 11.2 Å². The van der Waals surface area contributed by atoms with E-state index in [1.807, 2.05) is 77.1 Å². The second-order valence-electron chi connectivity index (χ2n) is 16.3. The molecule has 2 aromatic carbocycles.